The van der Waals surface area contributed by atoms with Gasteiger partial charge < -0.3 is 10.1 Å². The van der Waals surface area contributed by atoms with E-state index in [1.807, 2.05) is 24.3 Å². The fourth-order valence-electron chi connectivity index (χ4n) is 4.41. The van der Waals surface area contributed by atoms with Crippen LogP contribution in [0, 0.1) is 11.6 Å². The minimum atomic E-state index is -0.315. The Balaban J connectivity index is 1.81. The highest BCUT2D eigenvalue weighted by atomic mass is 19.1. The van der Waals surface area contributed by atoms with Gasteiger partial charge in [-0.1, -0.05) is 24.3 Å². The van der Waals surface area contributed by atoms with E-state index in [0.717, 1.165) is 28.0 Å². The van der Waals surface area contributed by atoms with Crippen LogP contribution in [0.5, 0.6) is 5.75 Å². The molecule has 2 nitrogen and oxygen atoms in total. The second kappa shape index (κ2) is 6.56. The molecule has 0 amide bonds. The smallest absolute Gasteiger partial charge is 0.136 e. The van der Waals surface area contributed by atoms with Gasteiger partial charge in [-0.2, -0.15) is 0 Å². The van der Waals surface area contributed by atoms with E-state index in [4.69, 9.17) is 4.74 Å². The monoisotopic (exact) mass is 401 g/mol. The molecule has 2 aliphatic heterocycles. The van der Waals surface area contributed by atoms with Crippen molar-refractivity contribution < 1.29 is 13.5 Å². The molecule has 5 rings (SSSR count). The van der Waals surface area contributed by atoms with E-state index >= 15 is 0 Å². The van der Waals surface area contributed by atoms with Crippen molar-refractivity contribution in [1.29, 1.82) is 0 Å². The van der Waals surface area contributed by atoms with Crippen molar-refractivity contribution in [3.8, 4) is 16.9 Å². The number of halogens is 2. The van der Waals surface area contributed by atoms with Gasteiger partial charge in [-0.25, -0.2) is 8.78 Å². The van der Waals surface area contributed by atoms with E-state index in [1.165, 1.54) is 24.3 Å². The van der Waals surface area contributed by atoms with Gasteiger partial charge in [-0.05, 0) is 79.9 Å². The molecule has 2 aliphatic rings. The molecule has 0 spiro atoms. The second-order valence-electron chi connectivity index (χ2n) is 8.39. The van der Waals surface area contributed by atoms with Crippen LogP contribution in [0.3, 0.4) is 0 Å². The molecule has 2 heterocycles. The standard InChI is InChI=1S/C26H21F2NO/c1-15-14-26(2,3)29-21-9-8-19-20-13-18(28)7-10-22(20)30-23(25(19)24(15)21)12-16-5-4-6-17(27)11-16/h4-14,29H,1-3H3. The topological polar surface area (TPSA) is 21.3 Å². The summed E-state index contributed by atoms with van der Waals surface area (Å²) in [6, 6.07) is 14.9. The number of ether oxygens (including phenoxy) is 1. The van der Waals surface area contributed by atoms with Crippen molar-refractivity contribution in [3.63, 3.8) is 0 Å². The lowest BCUT2D eigenvalue weighted by Crippen LogP contribution is -2.32. The van der Waals surface area contributed by atoms with Crippen LogP contribution < -0.4 is 10.1 Å². The third-order valence-corrected chi connectivity index (χ3v) is 5.48. The summed E-state index contributed by atoms with van der Waals surface area (Å²) in [4.78, 5) is 0. The first-order chi connectivity index (χ1) is 14.3. The lowest BCUT2D eigenvalue weighted by Gasteiger charge is -2.35. The fourth-order valence-corrected chi connectivity index (χ4v) is 4.41. The Kier molecular flexibility index (Phi) is 4.07. The second-order valence-corrected chi connectivity index (χ2v) is 8.39. The van der Waals surface area contributed by atoms with E-state index in [1.54, 1.807) is 12.1 Å². The molecule has 0 fully saturated rings. The lowest BCUT2D eigenvalue weighted by molar-refractivity contribution is 0.511. The van der Waals surface area contributed by atoms with Gasteiger partial charge in [-0.15, -0.1) is 0 Å². The average Bonchev–Trinajstić information content (AvgIpc) is 2.67. The number of hydrogen-bond donors (Lipinski definition) is 1. The molecule has 4 heteroatoms. The number of anilines is 1. The number of benzene rings is 3. The maximum absolute atomic E-state index is 14.1. The van der Waals surface area contributed by atoms with Gasteiger partial charge in [-0.3, -0.25) is 0 Å². The molecule has 0 bridgehead atoms. The highest BCUT2D eigenvalue weighted by molar-refractivity contribution is 6.00. The van der Waals surface area contributed by atoms with Gasteiger partial charge in [0.2, 0.25) is 0 Å². The van der Waals surface area contributed by atoms with Gasteiger partial charge >= 0.3 is 0 Å². The van der Waals surface area contributed by atoms with Crippen LogP contribution in [0.2, 0.25) is 0 Å². The number of nitrogens with one attached hydrogen (secondary N) is 1. The van der Waals surface area contributed by atoms with E-state index in [9.17, 15) is 8.78 Å². The molecule has 30 heavy (non-hydrogen) atoms. The SMILES string of the molecule is CC1=CC(C)(C)Nc2ccc3c(c21)C(=Cc1cccc(F)c1)Oc1ccc(F)cc1-3. The molecule has 0 aromatic heterocycles. The molecular weight excluding hydrogens is 380 g/mol. The molecule has 150 valence electrons. The summed E-state index contributed by atoms with van der Waals surface area (Å²) in [5.74, 6) is 0.570. The quantitative estimate of drug-likeness (QED) is 0.468. The molecule has 3 aromatic carbocycles. The van der Waals surface area contributed by atoms with Gasteiger partial charge in [0.1, 0.15) is 23.1 Å². The first-order valence-corrected chi connectivity index (χ1v) is 9.91. The number of fused-ring (bicyclic) bond motifs is 5. The normalized spacial score (nSPS) is 17.2. The molecule has 0 saturated heterocycles. The first kappa shape index (κ1) is 18.6. The molecular formula is C26H21F2NO. The van der Waals surface area contributed by atoms with Crippen LogP contribution in [-0.4, -0.2) is 5.54 Å². The Labute approximate surface area is 174 Å². The number of hydrogen-bond acceptors (Lipinski definition) is 2. The first-order valence-electron chi connectivity index (χ1n) is 9.91. The zero-order valence-corrected chi connectivity index (χ0v) is 17.0. The summed E-state index contributed by atoms with van der Waals surface area (Å²) in [6.45, 7) is 6.30. The molecule has 0 radical (unpaired) electrons. The van der Waals surface area contributed by atoms with E-state index < -0.39 is 0 Å². The molecule has 0 aliphatic carbocycles. The summed E-state index contributed by atoms with van der Waals surface area (Å²) in [7, 11) is 0. The van der Waals surface area contributed by atoms with Crippen LogP contribution in [0.25, 0.3) is 28.5 Å². The van der Waals surface area contributed by atoms with Crippen molar-refractivity contribution in [1.82, 2.24) is 0 Å². The van der Waals surface area contributed by atoms with Gasteiger partial charge in [0.15, 0.2) is 0 Å². The van der Waals surface area contributed by atoms with Crippen molar-refractivity contribution in [2.24, 2.45) is 0 Å². The summed E-state index contributed by atoms with van der Waals surface area (Å²) < 4.78 is 34.1. The Morgan fingerprint density at radius 1 is 0.900 bits per heavy atom. The van der Waals surface area contributed by atoms with E-state index in [-0.39, 0.29) is 17.2 Å². The Morgan fingerprint density at radius 3 is 2.50 bits per heavy atom. The van der Waals surface area contributed by atoms with E-state index in [0.29, 0.717) is 22.6 Å². The Hall–Kier alpha value is -3.40. The summed E-state index contributed by atoms with van der Waals surface area (Å²) in [6.07, 6.45) is 4.01. The summed E-state index contributed by atoms with van der Waals surface area (Å²) >= 11 is 0. The highest BCUT2D eigenvalue weighted by Gasteiger charge is 2.31. The highest BCUT2D eigenvalue weighted by Crippen LogP contribution is 2.49. The summed E-state index contributed by atoms with van der Waals surface area (Å²) in [5, 5.41) is 3.55. The largest absolute Gasteiger partial charge is 0.456 e. The maximum atomic E-state index is 14.1. The molecule has 0 saturated carbocycles. The van der Waals surface area contributed by atoms with Crippen molar-refractivity contribution in [2.75, 3.05) is 5.32 Å². The van der Waals surface area contributed by atoms with Crippen LogP contribution in [0.4, 0.5) is 14.5 Å². The summed E-state index contributed by atoms with van der Waals surface area (Å²) in [5.41, 5.74) is 6.12. The third kappa shape index (κ3) is 3.09. The molecule has 1 N–H and O–H groups in total. The van der Waals surface area contributed by atoms with Crippen LogP contribution >= 0.6 is 0 Å². The van der Waals surface area contributed by atoms with Crippen LogP contribution in [0.15, 0.2) is 60.7 Å². The zero-order chi connectivity index (χ0) is 21.0. The molecule has 0 atom stereocenters. The van der Waals surface area contributed by atoms with Gasteiger partial charge in [0.25, 0.3) is 0 Å². The fraction of sp³-hybridized carbons (Fsp3) is 0.154. The predicted octanol–water partition coefficient (Wildman–Crippen LogP) is 7.13. The number of allylic oxidation sites excluding steroid dienone is 1. The maximum Gasteiger partial charge on any atom is 0.136 e. The van der Waals surface area contributed by atoms with Gasteiger partial charge in [0, 0.05) is 22.4 Å². The lowest BCUT2D eigenvalue weighted by atomic mass is 9.83. The third-order valence-electron chi connectivity index (χ3n) is 5.48. The number of rotatable bonds is 1. The van der Waals surface area contributed by atoms with E-state index in [2.05, 4.69) is 32.2 Å². The Bertz CT molecular complexity index is 1250. The predicted molar refractivity (Wildman–Crippen MR) is 118 cm³/mol. The minimum absolute atomic E-state index is 0.183. The molecule has 3 aromatic rings. The zero-order valence-electron chi connectivity index (χ0n) is 17.0. The molecule has 0 unspecified atom stereocenters. The minimum Gasteiger partial charge on any atom is -0.456 e. The van der Waals surface area contributed by atoms with Crippen molar-refractivity contribution in [3.05, 3.63) is 89.0 Å². The van der Waals surface area contributed by atoms with Gasteiger partial charge in [0.05, 0.1) is 5.54 Å². The van der Waals surface area contributed by atoms with Crippen LogP contribution in [0.1, 0.15) is 37.5 Å². The average molecular weight is 401 g/mol. The van der Waals surface area contributed by atoms with Crippen LogP contribution in [-0.2, 0) is 0 Å². The van der Waals surface area contributed by atoms with Crippen molar-refractivity contribution >= 4 is 23.1 Å². The Morgan fingerprint density at radius 2 is 1.70 bits per heavy atom. The van der Waals surface area contributed by atoms with Crippen molar-refractivity contribution in [2.45, 2.75) is 26.3 Å².